The summed E-state index contributed by atoms with van der Waals surface area (Å²) in [6.07, 6.45) is 3.48. The van der Waals surface area contributed by atoms with E-state index in [4.69, 9.17) is 11.6 Å². The Morgan fingerprint density at radius 2 is 2.04 bits per heavy atom. The predicted octanol–water partition coefficient (Wildman–Crippen LogP) is 6.71. The second-order valence-corrected chi connectivity index (χ2v) is 8.07. The zero-order chi connectivity index (χ0) is 20.3. The zero-order valence-corrected chi connectivity index (χ0v) is 18.0. The van der Waals surface area contributed by atoms with E-state index in [1.165, 1.54) is 16.7 Å². The first-order valence-electron chi connectivity index (χ1n) is 9.43. The molecule has 0 N–H and O–H groups in total. The number of aryl methyl sites for hydroxylation is 1. The molecule has 0 spiro atoms. The first-order valence-corrected chi connectivity index (χ1v) is 9.81. The van der Waals surface area contributed by atoms with E-state index in [0.29, 0.717) is 22.4 Å². The van der Waals surface area contributed by atoms with Gasteiger partial charge in [-0.2, -0.15) is 5.26 Å². The Bertz CT molecular complexity index is 880. The summed E-state index contributed by atoms with van der Waals surface area (Å²) >= 11 is 6.69. The van der Waals surface area contributed by atoms with Crippen LogP contribution in [0.1, 0.15) is 56.7 Å². The fourth-order valence-electron chi connectivity index (χ4n) is 3.53. The molecule has 0 saturated heterocycles. The number of aliphatic imine (C=N–C) groups is 1. The first-order chi connectivity index (χ1) is 12.7. The highest BCUT2D eigenvalue weighted by Gasteiger charge is 2.38. The Morgan fingerprint density at radius 1 is 1.41 bits per heavy atom. The summed E-state index contributed by atoms with van der Waals surface area (Å²) in [6, 6.07) is 8.13. The van der Waals surface area contributed by atoms with Crippen LogP contribution in [0, 0.1) is 30.1 Å². The SMILES string of the molecule is C=C(C)/C(Cl)=C(C(C)=NC)/C(=C\C(C)c1cc(C#N)ccc1C)C1CC1C. The molecule has 0 aliphatic heterocycles. The van der Waals surface area contributed by atoms with Crippen molar-refractivity contribution in [2.75, 3.05) is 7.05 Å². The zero-order valence-electron chi connectivity index (χ0n) is 17.2. The molecule has 142 valence electrons. The van der Waals surface area contributed by atoms with Crippen molar-refractivity contribution in [2.45, 2.75) is 47.0 Å². The maximum atomic E-state index is 9.26. The second kappa shape index (κ2) is 8.72. The van der Waals surface area contributed by atoms with E-state index in [1.54, 1.807) is 7.05 Å². The number of halogens is 1. The normalized spacial score (nSPS) is 22.0. The van der Waals surface area contributed by atoms with Crippen LogP contribution in [0.15, 0.2) is 57.6 Å². The largest absolute Gasteiger partial charge is 0.293 e. The van der Waals surface area contributed by atoms with Crippen LogP contribution >= 0.6 is 11.6 Å². The second-order valence-electron chi connectivity index (χ2n) is 7.69. The van der Waals surface area contributed by atoms with E-state index in [-0.39, 0.29) is 5.92 Å². The van der Waals surface area contributed by atoms with Crippen molar-refractivity contribution in [3.05, 3.63) is 69.3 Å². The van der Waals surface area contributed by atoms with Gasteiger partial charge in [-0.05, 0) is 79.4 Å². The molecular formula is C24H29ClN2. The average molecular weight is 381 g/mol. The van der Waals surface area contributed by atoms with Crippen molar-refractivity contribution >= 4 is 17.3 Å². The van der Waals surface area contributed by atoms with Gasteiger partial charge in [0.25, 0.3) is 0 Å². The molecular weight excluding hydrogens is 352 g/mol. The number of nitrogens with zero attached hydrogens (tertiary/aromatic N) is 2. The number of rotatable bonds is 6. The van der Waals surface area contributed by atoms with E-state index >= 15 is 0 Å². The van der Waals surface area contributed by atoms with Crippen molar-refractivity contribution in [3.8, 4) is 6.07 Å². The third-order valence-electron chi connectivity index (χ3n) is 5.42. The molecule has 3 heteroatoms. The third kappa shape index (κ3) is 4.79. The highest BCUT2D eigenvalue weighted by atomic mass is 35.5. The molecule has 0 radical (unpaired) electrons. The molecule has 1 saturated carbocycles. The van der Waals surface area contributed by atoms with E-state index in [1.807, 2.05) is 32.0 Å². The minimum atomic E-state index is 0.176. The molecule has 1 aliphatic carbocycles. The molecule has 0 heterocycles. The van der Waals surface area contributed by atoms with Crippen LogP contribution in [0.25, 0.3) is 0 Å². The molecule has 1 aromatic carbocycles. The summed E-state index contributed by atoms with van der Waals surface area (Å²) < 4.78 is 0. The summed E-state index contributed by atoms with van der Waals surface area (Å²) in [5, 5.41) is 9.95. The molecule has 2 rings (SSSR count). The molecule has 3 atom stereocenters. The highest BCUT2D eigenvalue weighted by Crippen LogP contribution is 2.48. The molecule has 0 amide bonds. The number of allylic oxidation sites excluding steroid dienone is 5. The lowest BCUT2D eigenvalue weighted by Crippen LogP contribution is -2.08. The van der Waals surface area contributed by atoms with Crippen LogP contribution in [0.2, 0.25) is 0 Å². The fourth-order valence-corrected chi connectivity index (χ4v) is 3.77. The summed E-state index contributed by atoms with van der Waals surface area (Å²) in [4.78, 5) is 4.42. The Morgan fingerprint density at radius 3 is 2.52 bits per heavy atom. The van der Waals surface area contributed by atoms with Gasteiger partial charge in [-0.1, -0.05) is 44.2 Å². The van der Waals surface area contributed by atoms with Crippen LogP contribution in [0.3, 0.4) is 0 Å². The van der Waals surface area contributed by atoms with Gasteiger partial charge < -0.3 is 0 Å². The Hall–Kier alpha value is -2.11. The number of benzene rings is 1. The average Bonchev–Trinajstić information content (AvgIpc) is 3.37. The lowest BCUT2D eigenvalue weighted by atomic mass is 9.87. The molecule has 1 fully saturated rings. The van der Waals surface area contributed by atoms with Crippen LogP contribution in [0.4, 0.5) is 0 Å². The maximum Gasteiger partial charge on any atom is 0.0991 e. The highest BCUT2D eigenvalue weighted by molar-refractivity contribution is 6.35. The standard InChI is InChI=1S/C24H29ClN2/c1-14(2)24(25)23(18(6)27-7)22(21-10-17(21)5)11-16(4)20-12-19(13-26)9-8-15(20)3/h8-9,11-12,16-17,21H,1,10H2,2-7H3/b22-11-,24-23-,27-18?. The van der Waals surface area contributed by atoms with Gasteiger partial charge in [-0.3, -0.25) is 4.99 Å². The smallest absolute Gasteiger partial charge is 0.0991 e. The Labute approximate surface area is 169 Å². The molecule has 1 aromatic rings. The number of nitriles is 1. The van der Waals surface area contributed by atoms with E-state index < -0.39 is 0 Å². The number of hydrogen-bond donors (Lipinski definition) is 0. The van der Waals surface area contributed by atoms with Crippen molar-refractivity contribution in [1.29, 1.82) is 5.26 Å². The predicted molar refractivity (Wildman–Crippen MR) is 116 cm³/mol. The fraction of sp³-hybridized carbons (Fsp3) is 0.417. The minimum Gasteiger partial charge on any atom is -0.293 e. The molecule has 3 unspecified atom stereocenters. The van der Waals surface area contributed by atoms with Gasteiger partial charge in [0, 0.05) is 18.3 Å². The Kier molecular flexibility index (Phi) is 6.84. The number of hydrogen-bond acceptors (Lipinski definition) is 2. The van der Waals surface area contributed by atoms with E-state index in [2.05, 4.69) is 44.5 Å². The molecule has 1 aliphatic rings. The van der Waals surface area contributed by atoms with Crippen LogP contribution in [-0.2, 0) is 0 Å². The van der Waals surface area contributed by atoms with Gasteiger partial charge in [0.15, 0.2) is 0 Å². The lowest BCUT2D eigenvalue weighted by molar-refractivity contribution is 0.843. The summed E-state index contributed by atoms with van der Waals surface area (Å²) in [5.41, 5.74) is 7.12. The molecule has 27 heavy (non-hydrogen) atoms. The van der Waals surface area contributed by atoms with E-state index in [0.717, 1.165) is 23.3 Å². The minimum absolute atomic E-state index is 0.176. The van der Waals surface area contributed by atoms with Crippen LogP contribution in [0.5, 0.6) is 0 Å². The van der Waals surface area contributed by atoms with Crippen LogP contribution < -0.4 is 0 Å². The van der Waals surface area contributed by atoms with Crippen molar-refractivity contribution in [3.63, 3.8) is 0 Å². The summed E-state index contributed by atoms with van der Waals surface area (Å²) in [7, 11) is 1.80. The van der Waals surface area contributed by atoms with E-state index in [9.17, 15) is 5.26 Å². The lowest BCUT2D eigenvalue weighted by Gasteiger charge is -2.19. The van der Waals surface area contributed by atoms with Crippen molar-refractivity contribution in [2.24, 2.45) is 16.8 Å². The Balaban J connectivity index is 2.61. The summed E-state index contributed by atoms with van der Waals surface area (Å²) in [5.74, 6) is 1.31. The summed E-state index contributed by atoms with van der Waals surface area (Å²) in [6.45, 7) is 14.5. The van der Waals surface area contributed by atoms with Gasteiger partial charge in [0.1, 0.15) is 0 Å². The molecule has 0 bridgehead atoms. The topological polar surface area (TPSA) is 36.1 Å². The molecule has 2 nitrogen and oxygen atoms in total. The first kappa shape index (κ1) is 21.2. The van der Waals surface area contributed by atoms with Gasteiger partial charge in [0.2, 0.25) is 0 Å². The van der Waals surface area contributed by atoms with Gasteiger partial charge in [0.05, 0.1) is 16.7 Å². The van der Waals surface area contributed by atoms with Gasteiger partial charge in [-0.25, -0.2) is 0 Å². The van der Waals surface area contributed by atoms with Gasteiger partial charge >= 0.3 is 0 Å². The van der Waals surface area contributed by atoms with Gasteiger partial charge in [-0.15, -0.1) is 0 Å². The third-order valence-corrected chi connectivity index (χ3v) is 5.93. The molecule has 0 aromatic heterocycles. The quantitative estimate of drug-likeness (QED) is 0.399. The van der Waals surface area contributed by atoms with Crippen LogP contribution in [-0.4, -0.2) is 12.8 Å². The monoisotopic (exact) mass is 380 g/mol. The van der Waals surface area contributed by atoms with Crippen molar-refractivity contribution < 1.29 is 0 Å². The maximum absolute atomic E-state index is 9.26. The van der Waals surface area contributed by atoms with Crippen molar-refractivity contribution in [1.82, 2.24) is 0 Å².